The van der Waals surface area contributed by atoms with Crippen LogP contribution in [0.1, 0.15) is 12.5 Å². The van der Waals surface area contributed by atoms with Crippen LogP contribution in [-0.2, 0) is 4.79 Å². The number of hydrogen-bond acceptors (Lipinski definition) is 3. The largest absolute Gasteiger partial charge is 0.481 e. The number of halogens is 1. The van der Waals surface area contributed by atoms with Gasteiger partial charge < -0.3 is 10.1 Å². The highest BCUT2D eigenvalue weighted by atomic mass is 35.5. The highest BCUT2D eigenvalue weighted by Crippen LogP contribution is 2.21. The van der Waals surface area contributed by atoms with E-state index in [-0.39, 0.29) is 0 Å². The lowest BCUT2D eigenvalue weighted by Crippen LogP contribution is -2.43. The van der Waals surface area contributed by atoms with Crippen molar-refractivity contribution in [3.05, 3.63) is 28.8 Å². The van der Waals surface area contributed by atoms with Gasteiger partial charge in [0, 0.05) is 12.1 Å². The van der Waals surface area contributed by atoms with Crippen LogP contribution < -0.4 is 15.4 Å². The van der Waals surface area contributed by atoms with Gasteiger partial charge in [-0.05, 0) is 37.6 Å². The van der Waals surface area contributed by atoms with E-state index in [4.69, 9.17) is 16.3 Å². The molecule has 18 heavy (non-hydrogen) atoms. The predicted molar refractivity (Wildman–Crippen MR) is 68.9 cm³/mol. The molecule has 0 aromatic heterocycles. The van der Waals surface area contributed by atoms with Crippen molar-refractivity contribution < 1.29 is 14.3 Å². The van der Waals surface area contributed by atoms with Gasteiger partial charge in [0.15, 0.2) is 6.10 Å². The first-order chi connectivity index (χ1) is 8.43. The fourth-order valence-electron chi connectivity index (χ4n) is 1.22. The van der Waals surface area contributed by atoms with Crippen LogP contribution in [0.15, 0.2) is 18.2 Å². The summed E-state index contributed by atoms with van der Waals surface area (Å²) in [6.07, 6.45) is -0.775. The van der Waals surface area contributed by atoms with E-state index in [0.717, 1.165) is 5.56 Å². The molecule has 98 valence electrons. The van der Waals surface area contributed by atoms with Crippen LogP contribution in [0.5, 0.6) is 5.75 Å². The molecule has 1 rings (SSSR count). The van der Waals surface area contributed by atoms with E-state index < -0.39 is 18.0 Å². The Balaban J connectivity index is 2.63. The molecule has 0 fully saturated rings. The maximum absolute atomic E-state index is 11.5. The van der Waals surface area contributed by atoms with E-state index >= 15 is 0 Å². The first-order valence-electron chi connectivity index (χ1n) is 5.39. The molecule has 1 aromatic carbocycles. The first-order valence-corrected chi connectivity index (χ1v) is 5.77. The van der Waals surface area contributed by atoms with Crippen LogP contribution in [0, 0.1) is 6.92 Å². The number of amides is 3. The highest BCUT2D eigenvalue weighted by Gasteiger charge is 2.16. The lowest BCUT2D eigenvalue weighted by Gasteiger charge is -2.14. The number of nitrogens with one attached hydrogen (secondary N) is 2. The second-order valence-electron chi connectivity index (χ2n) is 3.74. The van der Waals surface area contributed by atoms with Gasteiger partial charge >= 0.3 is 6.03 Å². The van der Waals surface area contributed by atoms with Crippen LogP contribution in [-0.4, -0.2) is 25.1 Å². The van der Waals surface area contributed by atoms with Gasteiger partial charge in [-0.1, -0.05) is 11.6 Å². The summed E-state index contributed by atoms with van der Waals surface area (Å²) in [5.74, 6) is 0.0124. The van der Waals surface area contributed by atoms with Crippen molar-refractivity contribution in [1.82, 2.24) is 10.6 Å². The third-order valence-corrected chi connectivity index (χ3v) is 2.70. The zero-order valence-electron chi connectivity index (χ0n) is 10.4. The van der Waals surface area contributed by atoms with Crippen molar-refractivity contribution in [2.24, 2.45) is 0 Å². The SMILES string of the molecule is CNC(=O)NC(=O)[C@@H](C)Oc1ccc(Cl)c(C)c1. The minimum absolute atomic E-state index is 0.512. The van der Waals surface area contributed by atoms with Gasteiger partial charge in [0.1, 0.15) is 5.75 Å². The van der Waals surface area contributed by atoms with Crippen molar-refractivity contribution in [2.45, 2.75) is 20.0 Å². The van der Waals surface area contributed by atoms with Crippen molar-refractivity contribution in [3.63, 3.8) is 0 Å². The summed E-state index contributed by atoms with van der Waals surface area (Å²) in [4.78, 5) is 22.5. The summed E-state index contributed by atoms with van der Waals surface area (Å²) in [6.45, 7) is 3.40. The summed E-state index contributed by atoms with van der Waals surface area (Å²) in [7, 11) is 1.43. The van der Waals surface area contributed by atoms with Crippen LogP contribution in [0.2, 0.25) is 5.02 Å². The molecule has 5 nitrogen and oxygen atoms in total. The van der Waals surface area contributed by atoms with Gasteiger partial charge in [-0.25, -0.2) is 4.79 Å². The fourth-order valence-corrected chi connectivity index (χ4v) is 1.34. The second-order valence-corrected chi connectivity index (χ2v) is 4.15. The smallest absolute Gasteiger partial charge is 0.321 e. The Hall–Kier alpha value is -1.75. The molecular formula is C12H15ClN2O3. The zero-order valence-corrected chi connectivity index (χ0v) is 11.2. The Morgan fingerprint density at radius 1 is 1.39 bits per heavy atom. The zero-order chi connectivity index (χ0) is 13.7. The average Bonchev–Trinajstić information content (AvgIpc) is 2.33. The molecule has 0 saturated carbocycles. The number of carbonyl (C=O) groups is 2. The number of carbonyl (C=O) groups excluding carboxylic acids is 2. The monoisotopic (exact) mass is 270 g/mol. The van der Waals surface area contributed by atoms with Gasteiger partial charge in [0.25, 0.3) is 5.91 Å². The molecule has 3 amide bonds. The molecule has 0 aliphatic carbocycles. The Morgan fingerprint density at radius 2 is 2.06 bits per heavy atom. The van der Waals surface area contributed by atoms with Gasteiger partial charge in [0.05, 0.1) is 0 Å². The van der Waals surface area contributed by atoms with Gasteiger partial charge in [-0.3, -0.25) is 10.1 Å². The summed E-state index contributed by atoms with van der Waals surface area (Å²) >= 11 is 5.88. The summed E-state index contributed by atoms with van der Waals surface area (Å²) in [5.41, 5.74) is 0.855. The molecular weight excluding hydrogens is 256 g/mol. The minimum Gasteiger partial charge on any atom is -0.481 e. The molecule has 2 N–H and O–H groups in total. The standard InChI is InChI=1S/C12H15ClN2O3/c1-7-6-9(4-5-10(7)13)18-8(2)11(16)15-12(17)14-3/h4-6,8H,1-3H3,(H2,14,15,16,17)/t8-/m1/s1. The number of ether oxygens (including phenoxy) is 1. The molecule has 0 radical (unpaired) electrons. The Kier molecular flexibility index (Phi) is 4.97. The fraction of sp³-hybridized carbons (Fsp3) is 0.333. The van der Waals surface area contributed by atoms with Gasteiger partial charge in [0.2, 0.25) is 0 Å². The third-order valence-electron chi connectivity index (χ3n) is 2.28. The van der Waals surface area contributed by atoms with Crippen molar-refractivity contribution in [3.8, 4) is 5.75 Å². The topological polar surface area (TPSA) is 67.4 Å². The maximum Gasteiger partial charge on any atom is 0.321 e. The third kappa shape index (κ3) is 3.92. The lowest BCUT2D eigenvalue weighted by atomic mass is 10.2. The van der Waals surface area contributed by atoms with Gasteiger partial charge in [-0.2, -0.15) is 0 Å². The minimum atomic E-state index is -0.775. The van der Waals surface area contributed by atoms with E-state index in [1.807, 2.05) is 6.92 Å². The normalized spacial score (nSPS) is 11.6. The van der Waals surface area contributed by atoms with Crippen LogP contribution >= 0.6 is 11.6 Å². The molecule has 1 atom stereocenters. The van der Waals surface area contributed by atoms with Gasteiger partial charge in [-0.15, -0.1) is 0 Å². The summed E-state index contributed by atoms with van der Waals surface area (Å²) in [5, 5.41) is 5.05. The maximum atomic E-state index is 11.5. The van der Waals surface area contributed by atoms with E-state index in [1.54, 1.807) is 25.1 Å². The Morgan fingerprint density at radius 3 is 2.61 bits per heavy atom. The molecule has 1 aromatic rings. The molecule has 0 bridgehead atoms. The molecule has 0 unspecified atom stereocenters. The predicted octanol–water partition coefficient (Wildman–Crippen LogP) is 1.87. The highest BCUT2D eigenvalue weighted by molar-refractivity contribution is 6.31. The van der Waals surface area contributed by atoms with E-state index in [2.05, 4.69) is 10.6 Å². The number of hydrogen-bond donors (Lipinski definition) is 2. The van der Waals surface area contributed by atoms with Crippen molar-refractivity contribution in [1.29, 1.82) is 0 Å². The van der Waals surface area contributed by atoms with Crippen LogP contribution in [0.4, 0.5) is 4.79 Å². The molecule has 6 heteroatoms. The number of rotatable bonds is 3. The van der Waals surface area contributed by atoms with Crippen molar-refractivity contribution in [2.75, 3.05) is 7.05 Å². The average molecular weight is 271 g/mol. The number of aryl methyl sites for hydroxylation is 1. The quantitative estimate of drug-likeness (QED) is 0.881. The Labute approximate surface area is 110 Å². The van der Waals surface area contributed by atoms with E-state index in [1.165, 1.54) is 7.05 Å². The van der Waals surface area contributed by atoms with E-state index in [0.29, 0.717) is 10.8 Å². The van der Waals surface area contributed by atoms with E-state index in [9.17, 15) is 9.59 Å². The summed E-state index contributed by atoms with van der Waals surface area (Å²) in [6, 6.07) is 4.52. The first kappa shape index (κ1) is 14.3. The molecule has 0 heterocycles. The number of imide groups is 1. The van der Waals surface area contributed by atoms with Crippen molar-refractivity contribution >= 4 is 23.5 Å². The van der Waals surface area contributed by atoms with Crippen LogP contribution in [0.25, 0.3) is 0 Å². The van der Waals surface area contributed by atoms with Crippen LogP contribution in [0.3, 0.4) is 0 Å². The number of benzene rings is 1. The molecule has 0 aliphatic rings. The number of urea groups is 1. The lowest BCUT2D eigenvalue weighted by molar-refractivity contribution is -0.126. The molecule has 0 spiro atoms. The second kappa shape index (κ2) is 6.26. The molecule has 0 saturated heterocycles. The summed E-state index contributed by atoms with van der Waals surface area (Å²) < 4.78 is 5.41. The molecule has 0 aliphatic heterocycles. The Bertz CT molecular complexity index is 463.